The number of hydrogen-bond acceptors (Lipinski definition) is 3. The predicted molar refractivity (Wildman–Crippen MR) is 68.6 cm³/mol. The van der Waals surface area contributed by atoms with Gasteiger partial charge in [-0.2, -0.15) is 0 Å². The molecule has 17 heavy (non-hydrogen) atoms. The number of ether oxygens (including phenoxy) is 1. The summed E-state index contributed by atoms with van der Waals surface area (Å²) in [7, 11) is 1.67. The van der Waals surface area contributed by atoms with Crippen LogP contribution in [-0.4, -0.2) is 43.7 Å². The Kier molecular flexibility index (Phi) is 5.92. The molecule has 1 amide bonds. The molecule has 1 saturated carbocycles. The maximum absolute atomic E-state index is 12.3. The van der Waals surface area contributed by atoms with Crippen LogP contribution in [0.5, 0.6) is 0 Å². The Morgan fingerprint density at radius 2 is 2.18 bits per heavy atom. The highest BCUT2D eigenvalue weighted by atomic mass is 16.5. The van der Waals surface area contributed by atoms with Crippen LogP contribution in [0.2, 0.25) is 0 Å². The van der Waals surface area contributed by atoms with Crippen molar-refractivity contribution in [3.63, 3.8) is 0 Å². The average Bonchev–Trinajstić information content (AvgIpc) is 2.69. The standard InChI is InChI=1S/C13H26N2O2/c1-10(2)9-15(6-7-17-3)13(16)11-4-5-12(14)8-11/h10-12H,4-9,14H2,1-3H3/t11-,12-/m1/s1. The molecular formula is C13H26N2O2. The molecule has 0 unspecified atom stereocenters. The van der Waals surface area contributed by atoms with Crippen molar-refractivity contribution >= 4 is 5.91 Å². The number of hydrogen-bond donors (Lipinski definition) is 1. The molecular weight excluding hydrogens is 216 g/mol. The summed E-state index contributed by atoms with van der Waals surface area (Å²) in [5.41, 5.74) is 5.87. The van der Waals surface area contributed by atoms with E-state index in [9.17, 15) is 4.79 Å². The van der Waals surface area contributed by atoms with Crippen LogP contribution >= 0.6 is 0 Å². The van der Waals surface area contributed by atoms with E-state index < -0.39 is 0 Å². The van der Waals surface area contributed by atoms with E-state index in [-0.39, 0.29) is 17.9 Å². The molecule has 0 heterocycles. The minimum absolute atomic E-state index is 0.139. The first-order chi connectivity index (χ1) is 8.04. The van der Waals surface area contributed by atoms with E-state index in [0.717, 1.165) is 25.8 Å². The van der Waals surface area contributed by atoms with Crippen LogP contribution in [0.25, 0.3) is 0 Å². The van der Waals surface area contributed by atoms with E-state index >= 15 is 0 Å². The minimum Gasteiger partial charge on any atom is -0.383 e. The van der Waals surface area contributed by atoms with E-state index in [2.05, 4.69) is 13.8 Å². The summed E-state index contributed by atoms with van der Waals surface area (Å²) < 4.78 is 5.07. The van der Waals surface area contributed by atoms with Gasteiger partial charge in [0.1, 0.15) is 0 Å². The molecule has 0 bridgehead atoms. The molecule has 0 spiro atoms. The van der Waals surface area contributed by atoms with Crippen molar-refractivity contribution in [1.29, 1.82) is 0 Å². The molecule has 0 saturated heterocycles. The first-order valence-corrected chi connectivity index (χ1v) is 6.58. The van der Waals surface area contributed by atoms with Gasteiger partial charge in [-0.3, -0.25) is 4.79 Å². The number of methoxy groups -OCH3 is 1. The third-order valence-electron chi connectivity index (χ3n) is 3.28. The normalized spacial score (nSPS) is 24.3. The molecule has 0 radical (unpaired) electrons. The highest BCUT2D eigenvalue weighted by Crippen LogP contribution is 2.26. The Morgan fingerprint density at radius 3 is 2.65 bits per heavy atom. The maximum atomic E-state index is 12.3. The fourth-order valence-electron chi connectivity index (χ4n) is 2.43. The number of nitrogens with zero attached hydrogens (tertiary/aromatic N) is 1. The lowest BCUT2D eigenvalue weighted by atomic mass is 10.1. The summed E-state index contributed by atoms with van der Waals surface area (Å²) in [5.74, 6) is 0.898. The largest absolute Gasteiger partial charge is 0.383 e. The van der Waals surface area contributed by atoms with Gasteiger partial charge in [0, 0.05) is 32.2 Å². The van der Waals surface area contributed by atoms with Gasteiger partial charge in [0.2, 0.25) is 5.91 Å². The molecule has 100 valence electrons. The van der Waals surface area contributed by atoms with Crippen LogP contribution in [0.1, 0.15) is 33.1 Å². The summed E-state index contributed by atoms with van der Waals surface area (Å²) in [4.78, 5) is 14.3. The lowest BCUT2D eigenvalue weighted by Gasteiger charge is -2.27. The highest BCUT2D eigenvalue weighted by Gasteiger charge is 2.30. The van der Waals surface area contributed by atoms with Crippen LogP contribution in [0.15, 0.2) is 0 Å². The van der Waals surface area contributed by atoms with Gasteiger partial charge in [0.15, 0.2) is 0 Å². The topological polar surface area (TPSA) is 55.6 Å². The zero-order valence-electron chi connectivity index (χ0n) is 11.3. The van der Waals surface area contributed by atoms with Crippen molar-refractivity contribution in [2.24, 2.45) is 17.6 Å². The quantitative estimate of drug-likeness (QED) is 0.762. The molecule has 1 rings (SSSR count). The van der Waals surface area contributed by atoms with Crippen LogP contribution in [0.3, 0.4) is 0 Å². The van der Waals surface area contributed by atoms with Gasteiger partial charge in [-0.05, 0) is 25.2 Å². The van der Waals surface area contributed by atoms with Gasteiger partial charge in [0.25, 0.3) is 0 Å². The van der Waals surface area contributed by atoms with Gasteiger partial charge >= 0.3 is 0 Å². The molecule has 1 fully saturated rings. The van der Waals surface area contributed by atoms with E-state index in [1.807, 2.05) is 4.90 Å². The van der Waals surface area contributed by atoms with Crippen LogP contribution in [-0.2, 0) is 9.53 Å². The number of carbonyl (C=O) groups excluding carboxylic acids is 1. The van der Waals surface area contributed by atoms with Crippen molar-refractivity contribution in [2.45, 2.75) is 39.2 Å². The summed E-state index contributed by atoms with van der Waals surface area (Å²) in [5, 5.41) is 0. The van der Waals surface area contributed by atoms with Crippen LogP contribution in [0.4, 0.5) is 0 Å². The smallest absolute Gasteiger partial charge is 0.225 e. The van der Waals surface area contributed by atoms with E-state index in [0.29, 0.717) is 19.1 Å². The Morgan fingerprint density at radius 1 is 1.47 bits per heavy atom. The Balaban J connectivity index is 2.52. The molecule has 4 nitrogen and oxygen atoms in total. The minimum atomic E-state index is 0.139. The number of amides is 1. The van der Waals surface area contributed by atoms with Gasteiger partial charge in [0.05, 0.1) is 6.61 Å². The van der Waals surface area contributed by atoms with E-state index in [1.165, 1.54) is 0 Å². The monoisotopic (exact) mass is 242 g/mol. The zero-order chi connectivity index (χ0) is 12.8. The van der Waals surface area contributed by atoms with Gasteiger partial charge in [-0.25, -0.2) is 0 Å². The first-order valence-electron chi connectivity index (χ1n) is 6.58. The lowest BCUT2D eigenvalue weighted by molar-refractivity contribution is -0.136. The summed E-state index contributed by atoms with van der Waals surface area (Å²) in [6, 6.07) is 0.215. The fraction of sp³-hybridized carbons (Fsp3) is 0.923. The number of carbonyl (C=O) groups is 1. The lowest BCUT2D eigenvalue weighted by Crippen LogP contribution is -2.40. The fourth-order valence-corrected chi connectivity index (χ4v) is 2.43. The Hall–Kier alpha value is -0.610. The number of nitrogens with two attached hydrogens (primary N) is 1. The zero-order valence-corrected chi connectivity index (χ0v) is 11.3. The number of rotatable bonds is 6. The van der Waals surface area contributed by atoms with Crippen molar-refractivity contribution in [3.05, 3.63) is 0 Å². The maximum Gasteiger partial charge on any atom is 0.225 e. The molecule has 0 aromatic rings. The molecule has 0 aliphatic heterocycles. The van der Waals surface area contributed by atoms with Crippen molar-refractivity contribution in [3.8, 4) is 0 Å². The molecule has 0 aromatic carbocycles. The van der Waals surface area contributed by atoms with Crippen LogP contribution in [0, 0.1) is 11.8 Å². The van der Waals surface area contributed by atoms with Crippen molar-refractivity contribution in [2.75, 3.05) is 26.8 Å². The summed E-state index contributed by atoms with van der Waals surface area (Å²) >= 11 is 0. The van der Waals surface area contributed by atoms with E-state index in [4.69, 9.17) is 10.5 Å². The van der Waals surface area contributed by atoms with Crippen molar-refractivity contribution < 1.29 is 9.53 Å². The average molecular weight is 242 g/mol. The molecule has 0 aromatic heterocycles. The second-order valence-electron chi connectivity index (χ2n) is 5.44. The third-order valence-corrected chi connectivity index (χ3v) is 3.28. The third kappa shape index (κ3) is 4.64. The van der Waals surface area contributed by atoms with Crippen molar-refractivity contribution in [1.82, 2.24) is 4.90 Å². The predicted octanol–water partition coefficient (Wildman–Crippen LogP) is 1.24. The van der Waals surface area contributed by atoms with Gasteiger partial charge in [-0.15, -0.1) is 0 Å². The Bertz CT molecular complexity index is 244. The SMILES string of the molecule is COCCN(CC(C)C)C(=O)[C@@H]1CC[C@@H](N)C1. The molecule has 1 aliphatic carbocycles. The molecule has 4 heteroatoms. The summed E-state index contributed by atoms with van der Waals surface area (Å²) in [6.07, 6.45) is 2.78. The molecule has 2 atom stereocenters. The second-order valence-corrected chi connectivity index (χ2v) is 5.44. The Labute approximate surface area is 104 Å². The molecule has 1 aliphatic rings. The summed E-state index contributed by atoms with van der Waals surface area (Å²) in [6.45, 7) is 6.38. The first kappa shape index (κ1) is 14.5. The van der Waals surface area contributed by atoms with Gasteiger partial charge < -0.3 is 15.4 Å². The van der Waals surface area contributed by atoms with Crippen LogP contribution < -0.4 is 5.73 Å². The molecule has 2 N–H and O–H groups in total. The second kappa shape index (κ2) is 6.97. The van der Waals surface area contributed by atoms with Gasteiger partial charge in [-0.1, -0.05) is 13.8 Å². The van der Waals surface area contributed by atoms with E-state index in [1.54, 1.807) is 7.11 Å². The highest BCUT2D eigenvalue weighted by molar-refractivity contribution is 5.79.